The van der Waals surface area contributed by atoms with Crippen LogP contribution in [0.3, 0.4) is 0 Å². The Hall–Kier alpha value is -3.04. The highest BCUT2D eigenvalue weighted by Crippen LogP contribution is 2.36. The van der Waals surface area contributed by atoms with Gasteiger partial charge in [0.25, 0.3) is 0 Å². The van der Waals surface area contributed by atoms with Gasteiger partial charge in [-0.1, -0.05) is 45.4 Å². The zero-order valence-corrected chi connectivity index (χ0v) is 24.8. The number of methoxy groups -OCH3 is 1. The number of hydrogen-bond donors (Lipinski definition) is 1. The van der Waals surface area contributed by atoms with Gasteiger partial charge in [-0.15, -0.1) is 0 Å². The molecule has 0 bridgehead atoms. The van der Waals surface area contributed by atoms with Crippen molar-refractivity contribution in [3.05, 3.63) is 64.7 Å². The van der Waals surface area contributed by atoms with E-state index in [1.165, 1.54) is 36.0 Å². The largest absolute Gasteiger partial charge is 0.453 e. The van der Waals surface area contributed by atoms with E-state index in [1.54, 1.807) is 0 Å². The lowest BCUT2D eigenvalue weighted by Gasteiger charge is -2.44. The minimum Gasteiger partial charge on any atom is -0.453 e. The van der Waals surface area contributed by atoms with Crippen LogP contribution >= 0.6 is 0 Å². The molecule has 1 saturated carbocycles. The number of rotatable bonds is 7. The standard InChI is InChI=1S/C34H46N4O2/c1-34(2,3)29-10-12-30(13-11-29)38-22-25(23-38)21-37-16-14-26(15-17-37)31-18-24(20-35)8-9-27(31)19-28-6-5-7-32(28)36-33(39)40-4/h8-13,18,25-26,28,32H,5-7,14-17,19,21-23H2,1-4H3,(H,36,39)/t28-,32+/m1/s1. The second kappa shape index (κ2) is 12.2. The van der Waals surface area contributed by atoms with Gasteiger partial charge in [-0.2, -0.15) is 5.26 Å². The van der Waals surface area contributed by atoms with Crippen molar-refractivity contribution in [3.8, 4) is 6.07 Å². The lowest BCUT2D eigenvalue weighted by atomic mass is 9.82. The molecular formula is C34H46N4O2. The number of likely N-dealkylation sites (tertiary alicyclic amines) is 1. The van der Waals surface area contributed by atoms with Crippen LogP contribution in [-0.2, 0) is 16.6 Å². The number of nitriles is 1. The Morgan fingerprint density at radius 3 is 2.42 bits per heavy atom. The number of hydrogen-bond acceptors (Lipinski definition) is 5. The molecule has 2 aromatic carbocycles. The Bertz CT molecular complexity index is 1200. The number of amides is 1. The van der Waals surface area contributed by atoms with E-state index >= 15 is 0 Å². The van der Waals surface area contributed by atoms with Crippen LogP contribution in [0.2, 0.25) is 0 Å². The smallest absolute Gasteiger partial charge is 0.407 e. The molecule has 2 aliphatic heterocycles. The summed E-state index contributed by atoms with van der Waals surface area (Å²) < 4.78 is 4.86. The van der Waals surface area contributed by atoms with Crippen LogP contribution in [0, 0.1) is 23.2 Å². The fraction of sp³-hybridized carbons (Fsp3) is 0.588. The number of carbonyl (C=O) groups excluding carboxylic acids is 1. The number of ether oxygens (including phenoxy) is 1. The number of nitrogens with one attached hydrogen (secondary N) is 1. The van der Waals surface area contributed by atoms with Crippen molar-refractivity contribution in [1.82, 2.24) is 10.2 Å². The molecule has 6 nitrogen and oxygen atoms in total. The molecule has 2 atom stereocenters. The Morgan fingerprint density at radius 1 is 1.05 bits per heavy atom. The normalized spacial score (nSPS) is 22.5. The van der Waals surface area contributed by atoms with Crippen LogP contribution in [0.25, 0.3) is 0 Å². The van der Waals surface area contributed by atoms with Crippen molar-refractivity contribution in [1.29, 1.82) is 5.26 Å². The lowest BCUT2D eigenvalue weighted by molar-refractivity contribution is 0.163. The van der Waals surface area contributed by atoms with Gasteiger partial charge >= 0.3 is 6.09 Å². The minimum absolute atomic E-state index is 0.163. The highest BCUT2D eigenvalue weighted by molar-refractivity contribution is 5.67. The number of nitrogens with zero attached hydrogens (tertiary/aromatic N) is 3. The summed E-state index contributed by atoms with van der Waals surface area (Å²) in [6, 6.07) is 17.9. The lowest BCUT2D eigenvalue weighted by Crippen LogP contribution is -2.52. The van der Waals surface area contributed by atoms with Crippen molar-refractivity contribution < 1.29 is 9.53 Å². The van der Waals surface area contributed by atoms with Crippen molar-refractivity contribution in [2.24, 2.45) is 11.8 Å². The van der Waals surface area contributed by atoms with Crippen LogP contribution in [0.1, 0.15) is 81.0 Å². The topological polar surface area (TPSA) is 68.6 Å². The first-order valence-corrected chi connectivity index (χ1v) is 15.2. The predicted octanol–water partition coefficient (Wildman–Crippen LogP) is 6.24. The summed E-state index contributed by atoms with van der Waals surface area (Å²) in [5, 5.41) is 12.7. The third kappa shape index (κ3) is 6.63. The Morgan fingerprint density at radius 2 is 1.77 bits per heavy atom. The Labute approximate surface area is 240 Å². The molecule has 2 aromatic rings. The molecule has 1 aliphatic carbocycles. The molecule has 0 radical (unpaired) electrons. The highest BCUT2D eigenvalue weighted by atomic mass is 16.5. The monoisotopic (exact) mass is 542 g/mol. The molecule has 3 aliphatic rings. The molecule has 214 valence electrons. The molecule has 1 amide bonds. The molecule has 2 heterocycles. The van der Waals surface area contributed by atoms with Gasteiger partial charge in [-0.3, -0.25) is 0 Å². The van der Waals surface area contributed by atoms with E-state index in [4.69, 9.17) is 4.74 Å². The molecule has 5 rings (SSSR count). The second-order valence-electron chi connectivity index (χ2n) is 13.3. The molecule has 1 N–H and O–H groups in total. The fourth-order valence-corrected chi connectivity index (χ4v) is 7.05. The summed E-state index contributed by atoms with van der Waals surface area (Å²) in [5.41, 5.74) is 6.39. The van der Waals surface area contributed by atoms with E-state index in [-0.39, 0.29) is 17.6 Å². The van der Waals surface area contributed by atoms with E-state index in [0.29, 0.717) is 11.8 Å². The molecule has 3 fully saturated rings. The Kier molecular flexibility index (Phi) is 8.71. The molecule has 0 aromatic heterocycles. The molecule has 40 heavy (non-hydrogen) atoms. The van der Waals surface area contributed by atoms with E-state index in [0.717, 1.165) is 76.2 Å². The van der Waals surface area contributed by atoms with Gasteiger partial charge in [0.2, 0.25) is 0 Å². The first-order valence-electron chi connectivity index (χ1n) is 15.2. The van der Waals surface area contributed by atoms with Gasteiger partial charge in [0.1, 0.15) is 0 Å². The first-order chi connectivity index (χ1) is 19.2. The number of anilines is 1. The van der Waals surface area contributed by atoms with E-state index in [2.05, 4.69) is 78.4 Å². The number of benzene rings is 2. The summed E-state index contributed by atoms with van der Waals surface area (Å²) in [4.78, 5) is 17.0. The SMILES string of the molecule is COC(=O)N[C@H]1CCC[C@@H]1Cc1ccc(C#N)cc1C1CCN(CC2CN(c3ccc(C(C)(C)C)cc3)C2)CC1. The van der Waals surface area contributed by atoms with E-state index in [1.807, 2.05) is 6.07 Å². The predicted molar refractivity (Wildman–Crippen MR) is 161 cm³/mol. The maximum Gasteiger partial charge on any atom is 0.407 e. The van der Waals surface area contributed by atoms with Crippen LogP contribution < -0.4 is 10.2 Å². The Balaban J connectivity index is 1.14. The van der Waals surface area contributed by atoms with Crippen LogP contribution in [0.15, 0.2) is 42.5 Å². The summed E-state index contributed by atoms with van der Waals surface area (Å²) in [7, 11) is 1.43. The maximum absolute atomic E-state index is 11.9. The number of carbonyl (C=O) groups is 1. The van der Waals surface area contributed by atoms with Crippen molar-refractivity contribution in [2.75, 3.05) is 44.7 Å². The van der Waals surface area contributed by atoms with Crippen molar-refractivity contribution in [3.63, 3.8) is 0 Å². The average molecular weight is 543 g/mol. The molecule has 6 heteroatoms. The first kappa shape index (κ1) is 28.5. The van der Waals surface area contributed by atoms with Crippen molar-refractivity contribution >= 4 is 11.8 Å². The summed E-state index contributed by atoms with van der Waals surface area (Å²) >= 11 is 0. The number of alkyl carbamates (subject to hydrolysis) is 1. The van der Waals surface area contributed by atoms with Gasteiger partial charge in [-0.05, 0) is 103 Å². The maximum atomic E-state index is 11.9. The van der Waals surface area contributed by atoms with Gasteiger partial charge < -0.3 is 19.9 Å². The second-order valence-corrected chi connectivity index (χ2v) is 13.3. The molecule has 0 spiro atoms. The zero-order chi connectivity index (χ0) is 28.3. The van der Waals surface area contributed by atoms with Gasteiger partial charge in [0, 0.05) is 37.3 Å². The van der Waals surface area contributed by atoms with Gasteiger partial charge in [0.15, 0.2) is 0 Å². The fourth-order valence-electron chi connectivity index (χ4n) is 7.05. The minimum atomic E-state index is -0.336. The summed E-state index contributed by atoms with van der Waals surface area (Å²) in [6.45, 7) is 12.5. The molecule has 2 saturated heterocycles. The van der Waals surface area contributed by atoms with Crippen LogP contribution in [-0.4, -0.2) is 56.9 Å². The van der Waals surface area contributed by atoms with Gasteiger partial charge in [0.05, 0.1) is 18.7 Å². The zero-order valence-electron chi connectivity index (χ0n) is 24.8. The third-order valence-corrected chi connectivity index (χ3v) is 9.50. The molecule has 0 unspecified atom stereocenters. The highest BCUT2D eigenvalue weighted by Gasteiger charge is 2.33. The average Bonchev–Trinajstić information content (AvgIpc) is 3.36. The van der Waals surface area contributed by atoms with Crippen molar-refractivity contribution in [2.45, 2.75) is 76.7 Å². The van der Waals surface area contributed by atoms with E-state index in [9.17, 15) is 10.1 Å². The molecular weight excluding hydrogens is 496 g/mol. The summed E-state index contributed by atoms with van der Waals surface area (Å²) in [5.74, 6) is 1.64. The van der Waals surface area contributed by atoms with Crippen LogP contribution in [0.4, 0.5) is 10.5 Å². The van der Waals surface area contributed by atoms with Crippen LogP contribution in [0.5, 0.6) is 0 Å². The van der Waals surface area contributed by atoms with Gasteiger partial charge in [-0.25, -0.2) is 4.79 Å². The summed E-state index contributed by atoms with van der Waals surface area (Å²) in [6.07, 6.45) is 6.14. The van der Waals surface area contributed by atoms with E-state index < -0.39 is 0 Å². The quantitative estimate of drug-likeness (QED) is 0.449. The third-order valence-electron chi connectivity index (χ3n) is 9.50. The number of piperidine rings is 1.